The molecule has 3 aliphatic heterocycles. The molecule has 3 heterocycles. The third-order valence-electron chi connectivity index (χ3n) is 12.4. The van der Waals surface area contributed by atoms with Gasteiger partial charge >= 0.3 is 0 Å². The van der Waals surface area contributed by atoms with Crippen molar-refractivity contribution < 1.29 is 78.2 Å². The van der Waals surface area contributed by atoms with Crippen molar-refractivity contribution in [3.05, 3.63) is 91.0 Å². The average Bonchev–Trinajstić information content (AvgIpc) is 3.31. The third kappa shape index (κ3) is 11.7. The first-order chi connectivity index (χ1) is 31.7. The summed E-state index contributed by atoms with van der Waals surface area (Å²) in [4.78, 5) is 37.5. The number of benzene rings is 3. The zero-order chi connectivity index (χ0) is 47.5. The van der Waals surface area contributed by atoms with Crippen LogP contribution in [-0.4, -0.2) is 187 Å². The fourth-order valence-corrected chi connectivity index (χ4v) is 13.4. The maximum Gasteiger partial charge on any atom is 0.288 e. The van der Waals surface area contributed by atoms with Gasteiger partial charge in [0, 0.05) is 32.6 Å². The van der Waals surface area contributed by atoms with E-state index in [2.05, 4.69) is 16.0 Å². The van der Waals surface area contributed by atoms with Crippen molar-refractivity contribution in [2.45, 2.75) is 100 Å². The van der Waals surface area contributed by atoms with Crippen LogP contribution in [0.1, 0.15) is 20.8 Å². The summed E-state index contributed by atoms with van der Waals surface area (Å²) in [6.45, 7) is 1.05. The van der Waals surface area contributed by atoms with E-state index in [0.717, 1.165) is 15.6 Å². The molecule has 0 spiro atoms. The van der Waals surface area contributed by atoms with Gasteiger partial charge in [0.2, 0.25) is 17.7 Å². The first kappa shape index (κ1) is 51.2. The number of amides is 3. The first-order valence-electron chi connectivity index (χ1n) is 22.1. The lowest BCUT2D eigenvalue weighted by Crippen LogP contribution is -2.75. The third-order valence-corrected chi connectivity index (χ3v) is 16.5. The quantitative estimate of drug-likeness (QED) is 0.0407. The van der Waals surface area contributed by atoms with E-state index in [1.54, 1.807) is 0 Å². The van der Waals surface area contributed by atoms with E-state index in [4.69, 9.17) is 28.1 Å². The van der Waals surface area contributed by atoms with E-state index in [9.17, 15) is 50.1 Å². The maximum absolute atomic E-state index is 13.3. The second kappa shape index (κ2) is 23.7. The number of aliphatic hydroxyl groups is 7. The molecule has 3 saturated heterocycles. The SMILES string of the molecule is CC(=O)NC1[C@H](COC[C@H]2C(CO)O[C@@H](COC[C@@H]3C(CO)O[C@@H](O)C(NC(C)=O)[C@H]3O)C(NC(C)=O)[C@H]2O[Si](c2ccccc2)(c2ccccc2)c2ccccc2)OC(CO)[C@@H](O)[C@@H]1O. The minimum absolute atomic E-state index is 0.200. The van der Waals surface area contributed by atoms with Gasteiger partial charge in [0.05, 0.1) is 82.7 Å². The van der Waals surface area contributed by atoms with E-state index in [-0.39, 0.29) is 26.4 Å². The lowest BCUT2D eigenvalue weighted by Gasteiger charge is -2.50. The van der Waals surface area contributed by atoms with Crippen LogP contribution in [0.25, 0.3) is 0 Å². The molecule has 3 amide bonds. The zero-order valence-electron chi connectivity index (χ0n) is 37.1. The van der Waals surface area contributed by atoms with E-state index in [1.807, 2.05) is 91.0 Å². The highest BCUT2D eigenvalue weighted by molar-refractivity contribution is 7.07. The van der Waals surface area contributed by atoms with Gasteiger partial charge in [-0.15, -0.1) is 0 Å². The molecule has 3 aliphatic rings. The van der Waals surface area contributed by atoms with Crippen LogP contribution >= 0.6 is 0 Å². The Bertz CT molecular complexity index is 1900. The van der Waals surface area contributed by atoms with Crippen LogP contribution in [0.4, 0.5) is 0 Å². The van der Waals surface area contributed by atoms with Crippen molar-refractivity contribution in [2.75, 3.05) is 46.2 Å². The van der Waals surface area contributed by atoms with Crippen LogP contribution in [0, 0.1) is 11.8 Å². The van der Waals surface area contributed by atoms with Crippen molar-refractivity contribution in [2.24, 2.45) is 11.8 Å². The van der Waals surface area contributed by atoms with Gasteiger partial charge in [-0.1, -0.05) is 91.0 Å². The summed E-state index contributed by atoms with van der Waals surface area (Å²) in [6.07, 6.45) is -12.4. The van der Waals surface area contributed by atoms with Crippen molar-refractivity contribution in [3.63, 3.8) is 0 Å². The molecule has 3 aromatic carbocycles. The van der Waals surface area contributed by atoms with Crippen LogP contribution < -0.4 is 31.5 Å². The molecule has 0 radical (unpaired) electrons. The molecule has 15 atom stereocenters. The van der Waals surface area contributed by atoms with Gasteiger partial charge in [0.1, 0.15) is 36.6 Å². The number of aliphatic hydroxyl groups excluding tert-OH is 7. The van der Waals surface area contributed by atoms with Crippen LogP contribution in [0.3, 0.4) is 0 Å². The number of nitrogens with one attached hydrogen (secondary N) is 3. The fourth-order valence-electron chi connectivity index (χ4n) is 9.31. The normalized spacial score (nSPS) is 32.5. The molecule has 20 heteroatoms. The number of hydrogen-bond acceptors (Lipinski definition) is 16. The van der Waals surface area contributed by atoms with Gasteiger partial charge in [-0.2, -0.15) is 0 Å². The Kier molecular flexibility index (Phi) is 18.3. The van der Waals surface area contributed by atoms with Crippen molar-refractivity contribution in [1.82, 2.24) is 16.0 Å². The smallest absolute Gasteiger partial charge is 0.288 e. The summed E-state index contributed by atoms with van der Waals surface area (Å²) in [5.41, 5.74) is 0. The van der Waals surface area contributed by atoms with Gasteiger partial charge in [-0.3, -0.25) is 14.4 Å². The second-order valence-electron chi connectivity index (χ2n) is 17.0. The lowest BCUT2D eigenvalue weighted by molar-refractivity contribution is -0.248. The Labute approximate surface area is 384 Å². The maximum atomic E-state index is 13.3. The van der Waals surface area contributed by atoms with Crippen LogP contribution in [0.2, 0.25) is 0 Å². The number of carbonyl (C=O) groups is 3. The average molecular weight is 942 g/mol. The molecule has 3 fully saturated rings. The van der Waals surface area contributed by atoms with Gasteiger partial charge in [-0.05, 0) is 15.6 Å². The molecule has 6 unspecified atom stereocenters. The molecule has 0 aliphatic carbocycles. The highest BCUT2D eigenvalue weighted by atomic mass is 28.4. The second-order valence-corrected chi connectivity index (χ2v) is 20.3. The first-order valence-corrected chi connectivity index (χ1v) is 24.0. The van der Waals surface area contributed by atoms with Gasteiger partial charge < -0.3 is 79.8 Å². The standard InChI is InChI=1S/C46H63N3O16Si/c1-26(53)47-39-37(63-36(21-52)43(57)44(39)58)24-61-23-33-35(20-51)62-38(25-60-22-32-34(19-50)64-46(59)41(42(32)56)49-28(3)55)40(48-27(2)54)45(33)65-66(29-13-7-4-8-14-29,30-15-9-5-10-16-30)31-17-11-6-12-18-31/h4-18,32-46,50-52,56-59H,19-25H2,1-3H3,(H,47,53)(H,48,54)(H,49,55)/t32-,33+,34?,35?,36?,37+,38+,39?,40?,41?,42+,43-,44-,45+,46-/m1/s1. The number of rotatable bonds is 19. The van der Waals surface area contributed by atoms with E-state index in [0.29, 0.717) is 0 Å². The Balaban J connectivity index is 1.40. The Morgan fingerprint density at radius 1 is 0.500 bits per heavy atom. The number of hydrogen-bond donors (Lipinski definition) is 10. The largest absolute Gasteiger partial charge is 0.398 e. The van der Waals surface area contributed by atoms with Crippen molar-refractivity contribution in [3.8, 4) is 0 Å². The topological polar surface area (TPSA) is 284 Å². The minimum Gasteiger partial charge on any atom is -0.398 e. The molecular formula is C46H63N3O16Si. The highest BCUT2D eigenvalue weighted by Crippen LogP contribution is 2.33. The summed E-state index contributed by atoms with van der Waals surface area (Å²) < 4.78 is 38.4. The molecule has 362 valence electrons. The molecule has 6 rings (SSSR count). The summed E-state index contributed by atoms with van der Waals surface area (Å²) in [7, 11) is -3.64. The van der Waals surface area contributed by atoms with Crippen LogP contribution in [0.5, 0.6) is 0 Å². The molecule has 0 bridgehead atoms. The van der Waals surface area contributed by atoms with Crippen LogP contribution in [0.15, 0.2) is 91.0 Å². The monoisotopic (exact) mass is 941 g/mol. The highest BCUT2D eigenvalue weighted by Gasteiger charge is 2.54. The summed E-state index contributed by atoms with van der Waals surface area (Å²) in [5.74, 6) is -3.28. The van der Waals surface area contributed by atoms with Gasteiger partial charge in [-0.25, -0.2) is 0 Å². The van der Waals surface area contributed by atoms with Crippen molar-refractivity contribution >= 4 is 41.6 Å². The lowest BCUT2D eigenvalue weighted by atomic mass is 9.85. The summed E-state index contributed by atoms with van der Waals surface area (Å²) in [6, 6.07) is 25.7. The van der Waals surface area contributed by atoms with E-state index >= 15 is 0 Å². The van der Waals surface area contributed by atoms with E-state index < -0.39 is 137 Å². The molecule has 0 aromatic heterocycles. The van der Waals surface area contributed by atoms with Crippen LogP contribution in [-0.2, 0) is 42.5 Å². The molecule has 0 saturated carbocycles. The van der Waals surface area contributed by atoms with Crippen molar-refractivity contribution in [1.29, 1.82) is 0 Å². The predicted octanol–water partition coefficient (Wildman–Crippen LogP) is -3.87. The number of carbonyl (C=O) groups excluding carboxylic acids is 3. The number of ether oxygens (including phenoxy) is 5. The Morgan fingerprint density at radius 2 is 0.909 bits per heavy atom. The summed E-state index contributed by atoms with van der Waals surface area (Å²) in [5, 5.41) is 85.4. The van der Waals surface area contributed by atoms with Gasteiger partial charge in [0.15, 0.2) is 6.29 Å². The molecule has 3 aromatic rings. The Hall–Kier alpha value is -4.23. The minimum atomic E-state index is -3.64. The van der Waals surface area contributed by atoms with Gasteiger partial charge in [0.25, 0.3) is 8.32 Å². The zero-order valence-corrected chi connectivity index (χ0v) is 38.1. The molecule has 66 heavy (non-hydrogen) atoms. The summed E-state index contributed by atoms with van der Waals surface area (Å²) >= 11 is 0. The van der Waals surface area contributed by atoms with E-state index in [1.165, 1.54) is 20.8 Å². The molecule has 19 nitrogen and oxygen atoms in total. The fraction of sp³-hybridized carbons (Fsp3) is 0.543. The molecular weight excluding hydrogens is 879 g/mol. The predicted molar refractivity (Wildman–Crippen MR) is 238 cm³/mol. The Morgan fingerprint density at radius 3 is 1.38 bits per heavy atom. The molecule has 10 N–H and O–H groups in total.